The minimum absolute atomic E-state index is 0.0530. The Kier molecular flexibility index (Phi) is 4.46. The largest absolute Gasteiger partial charge is 0.490 e. The van der Waals surface area contributed by atoms with Crippen molar-refractivity contribution in [3.63, 3.8) is 0 Å². The minimum atomic E-state index is -0.348. The average molecular weight is 293 g/mol. The van der Waals surface area contributed by atoms with Gasteiger partial charge >= 0.3 is 0 Å². The Morgan fingerprint density at radius 1 is 1.47 bits per heavy atom. The number of benzene rings is 1. The van der Waals surface area contributed by atoms with Crippen molar-refractivity contribution < 1.29 is 9.13 Å². The summed E-state index contributed by atoms with van der Waals surface area (Å²) < 4.78 is 19.5. The van der Waals surface area contributed by atoms with Crippen LogP contribution in [0.15, 0.2) is 22.7 Å². The van der Waals surface area contributed by atoms with Crippen LogP contribution in [0.5, 0.6) is 5.75 Å². The summed E-state index contributed by atoms with van der Waals surface area (Å²) in [6.45, 7) is 4.50. The van der Waals surface area contributed by atoms with Crippen LogP contribution in [0.1, 0.15) is 13.8 Å². The zero-order chi connectivity index (χ0) is 11.5. The van der Waals surface area contributed by atoms with Gasteiger partial charge in [0.1, 0.15) is 0 Å². The molecule has 0 aromatic heterocycles. The van der Waals surface area contributed by atoms with Crippen molar-refractivity contribution in [3.8, 4) is 5.75 Å². The molecule has 0 amide bonds. The van der Waals surface area contributed by atoms with E-state index < -0.39 is 0 Å². The highest BCUT2D eigenvalue weighted by Crippen LogP contribution is 2.24. The number of thiol groups is 1. The maximum Gasteiger partial charge on any atom is 0.166 e. The lowest BCUT2D eigenvalue weighted by Gasteiger charge is -2.22. The lowest BCUT2D eigenvalue weighted by Crippen LogP contribution is -2.23. The van der Waals surface area contributed by atoms with Gasteiger partial charge in [0.05, 0.1) is 6.61 Å². The monoisotopic (exact) mass is 292 g/mol. The highest BCUT2D eigenvalue weighted by molar-refractivity contribution is 9.10. The van der Waals surface area contributed by atoms with Crippen molar-refractivity contribution in [2.24, 2.45) is 5.41 Å². The molecular formula is C11H14BrFOS. The molecule has 0 fully saturated rings. The summed E-state index contributed by atoms with van der Waals surface area (Å²) in [5.74, 6) is 0.637. The van der Waals surface area contributed by atoms with Gasteiger partial charge in [0, 0.05) is 9.89 Å². The van der Waals surface area contributed by atoms with Gasteiger partial charge in [-0.2, -0.15) is 12.6 Å². The molecule has 0 unspecified atom stereocenters. The van der Waals surface area contributed by atoms with Gasteiger partial charge in [-0.1, -0.05) is 29.8 Å². The van der Waals surface area contributed by atoms with Gasteiger partial charge < -0.3 is 4.74 Å². The van der Waals surface area contributed by atoms with Crippen LogP contribution in [-0.2, 0) is 0 Å². The van der Waals surface area contributed by atoms with Crippen LogP contribution in [-0.4, -0.2) is 12.4 Å². The zero-order valence-electron chi connectivity index (χ0n) is 8.76. The van der Waals surface area contributed by atoms with E-state index in [0.717, 1.165) is 0 Å². The first kappa shape index (κ1) is 12.8. The van der Waals surface area contributed by atoms with Crippen molar-refractivity contribution in [2.45, 2.75) is 13.8 Å². The summed E-state index contributed by atoms with van der Waals surface area (Å²) in [7, 11) is 0. The Labute approximate surface area is 104 Å². The predicted octanol–water partition coefficient (Wildman–Crippen LogP) is 3.92. The molecule has 0 spiro atoms. The number of rotatable bonds is 4. The highest BCUT2D eigenvalue weighted by atomic mass is 79.9. The average Bonchev–Trinajstić information content (AvgIpc) is 2.16. The summed E-state index contributed by atoms with van der Waals surface area (Å²) in [6.07, 6.45) is 0. The van der Waals surface area contributed by atoms with Crippen molar-refractivity contribution >= 4 is 28.6 Å². The number of hydrogen-bond acceptors (Lipinski definition) is 2. The van der Waals surface area contributed by atoms with E-state index in [1.54, 1.807) is 12.1 Å². The molecule has 0 bridgehead atoms. The molecule has 0 atom stereocenters. The maximum atomic E-state index is 13.4. The van der Waals surface area contributed by atoms with Gasteiger partial charge in [0.15, 0.2) is 11.6 Å². The molecule has 4 heteroatoms. The fraction of sp³-hybridized carbons (Fsp3) is 0.455. The first-order valence-corrected chi connectivity index (χ1v) is 6.06. The van der Waals surface area contributed by atoms with Crippen molar-refractivity contribution in [1.82, 2.24) is 0 Å². The Balaban J connectivity index is 2.66. The molecule has 1 rings (SSSR count). The Morgan fingerprint density at radius 2 is 2.13 bits per heavy atom. The molecule has 15 heavy (non-hydrogen) atoms. The van der Waals surface area contributed by atoms with Gasteiger partial charge in [-0.3, -0.25) is 0 Å². The number of halogens is 2. The maximum absolute atomic E-state index is 13.4. The molecule has 0 N–H and O–H groups in total. The van der Waals surface area contributed by atoms with E-state index in [2.05, 4.69) is 28.6 Å². The summed E-state index contributed by atoms with van der Waals surface area (Å²) >= 11 is 7.40. The molecule has 0 aliphatic rings. The van der Waals surface area contributed by atoms with Crippen LogP contribution in [0.4, 0.5) is 4.39 Å². The summed E-state index contributed by atoms with van der Waals surface area (Å²) in [6, 6.07) is 4.77. The molecule has 1 nitrogen and oxygen atoms in total. The van der Waals surface area contributed by atoms with Crippen LogP contribution in [0.3, 0.4) is 0 Å². The second-order valence-electron chi connectivity index (χ2n) is 4.19. The molecular weight excluding hydrogens is 279 g/mol. The third kappa shape index (κ3) is 4.03. The van der Waals surface area contributed by atoms with Gasteiger partial charge in [-0.05, 0) is 24.0 Å². The van der Waals surface area contributed by atoms with Crippen LogP contribution in [0.25, 0.3) is 0 Å². The van der Waals surface area contributed by atoms with Crippen molar-refractivity contribution in [3.05, 3.63) is 28.5 Å². The number of ether oxygens (including phenoxy) is 1. The van der Waals surface area contributed by atoms with E-state index in [0.29, 0.717) is 16.8 Å². The fourth-order valence-electron chi connectivity index (χ4n) is 0.911. The first-order valence-electron chi connectivity index (χ1n) is 4.63. The van der Waals surface area contributed by atoms with Crippen LogP contribution in [0, 0.1) is 11.2 Å². The van der Waals surface area contributed by atoms with Gasteiger partial charge in [0.25, 0.3) is 0 Å². The van der Waals surface area contributed by atoms with E-state index >= 15 is 0 Å². The molecule has 0 saturated heterocycles. The Hall–Kier alpha value is -0.220. The van der Waals surface area contributed by atoms with E-state index in [-0.39, 0.29) is 17.0 Å². The summed E-state index contributed by atoms with van der Waals surface area (Å²) in [4.78, 5) is 0. The van der Waals surface area contributed by atoms with Gasteiger partial charge in [-0.15, -0.1) is 0 Å². The van der Waals surface area contributed by atoms with Crippen LogP contribution < -0.4 is 4.74 Å². The van der Waals surface area contributed by atoms with Crippen molar-refractivity contribution in [1.29, 1.82) is 0 Å². The zero-order valence-corrected chi connectivity index (χ0v) is 11.2. The van der Waals surface area contributed by atoms with Gasteiger partial charge in [-0.25, -0.2) is 4.39 Å². The molecule has 84 valence electrons. The SMILES string of the molecule is CC(C)(CS)COc1ccc(Br)cc1F. The third-order valence-corrected chi connectivity index (χ3v) is 3.29. The standard InChI is InChI=1S/C11H14BrFOS/c1-11(2,7-15)6-14-10-4-3-8(12)5-9(10)13/h3-5,15H,6-7H2,1-2H3. The quantitative estimate of drug-likeness (QED) is 0.828. The highest BCUT2D eigenvalue weighted by Gasteiger charge is 2.17. The van der Waals surface area contributed by atoms with E-state index in [9.17, 15) is 4.39 Å². The molecule has 1 aromatic carbocycles. The minimum Gasteiger partial charge on any atom is -0.490 e. The first-order chi connectivity index (χ1) is 6.94. The lowest BCUT2D eigenvalue weighted by atomic mass is 9.98. The molecule has 0 aliphatic carbocycles. The fourth-order valence-corrected chi connectivity index (χ4v) is 1.34. The van der Waals surface area contributed by atoms with E-state index in [1.165, 1.54) is 6.07 Å². The normalized spacial score (nSPS) is 11.5. The topological polar surface area (TPSA) is 9.23 Å². The summed E-state index contributed by atoms with van der Waals surface area (Å²) in [5.41, 5.74) is -0.0530. The molecule has 0 saturated carbocycles. The van der Waals surface area contributed by atoms with E-state index in [1.807, 2.05) is 13.8 Å². The second-order valence-corrected chi connectivity index (χ2v) is 5.42. The van der Waals surface area contributed by atoms with Crippen LogP contribution >= 0.6 is 28.6 Å². The Morgan fingerprint density at radius 3 is 2.67 bits per heavy atom. The molecule has 0 radical (unpaired) electrons. The molecule has 0 heterocycles. The van der Waals surface area contributed by atoms with Crippen LogP contribution in [0.2, 0.25) is 0 Å². The predicted molar refractivity (Wildman–Crippen MR) is 67.2 cm³/mol. The second kappa shape index (κ2) is 5.21. The van der Waals surface area contributed by atoms with E-state index in [4.69, 9.17) is 4.74 Å². The summed E-state index contributed by atoms with van der Waals surface area (Å²) in [5, 5.41) is 0. The molecule has 1 aromatic rings. The number of hydrogen-bond donors (Lipinski definition) is 1. The lowest BCUT2D eigenvalue weighted by molar-refractivity contribution is 0.195. The van der Waals surface area contributed by atoms with Crippen molar-refractivity contribution in [2.75, 3.05) is 12.4 Å². The molecule has 0 aliphatic heterocycles. The Bertz CT molecular complexity index is 341. The third-order valence-electron chi connectivity index (χ3n) is 1.94. The van der Waals surface area contributed by atoms with Gasteiger partial charge in [0.2, 0.25) is 0 Å². The smallest absolute Gasteiger partial charge is 0.166 e.